The van der Waals surface area contributed by atoms with E-state index in [1.54, 1.807) is 36.7 Å². The van der Waals surface area contributed by atoms with Crippen molar-refractivity contribution in [1.29, 1.82) is 0 Å². The van der Waals surface area contributed by atoms with E-state index < -0.39 is 5.76 Å². The molecular weight excluding hydrogens is 234 g/mol. The van der Waals surface area contributed by atoms with Gasteiger partial charge in [-0.1, -0.05) is 0 Å². The maximum Gasteiger partial charge on any atom is 0.417 e. The summed E-state index contributed by atoms with van der Waals surface area (Å²) in [4.78, 5) is 17.5. The number of pyridine rings is 1. The fourth-order valence-electron chi connectivity index (χ4n) is 1.62. The molecule has 2 heterocycles. The van der Waals surface area contributed by atoms with Crippen molar-refractivity contribution in [2.24, 2.45) is 0 Å². The molecule has 0 spiro atoms. The van der Waals surface area contributed by atoms with Crippen LogP contribution < -0.4 is 16.2 Å². The average Bonchev–Trinajstić information content (AvgIpc) is 2.70. The summed E-state index contributed by atoms with van der Waals surface area (Å²) in [5.74, 6) is 0.477. The molecule has 0 saturated carbocycles. The fourth-order valence-corrected chi connectivity index (χ4v) is 1.62. The number of hydrogen-bond donors (Lipinski definition) is 2. The molecule has 6 nitrogen and oxygen atoms in total. The van der Waals surface area contributed by atoms with Crippen molar-refractivity contribution in [2.45, 2.75) is 0 Å². The van der Waals surface area contributed by atoms with Gasteiger partial charge >= 0.3 is 5.76 Å². The van der Waals surface area contributed by atoms with Gasteiger partial charge < -0.3 is 14.9 Å². The first-order valence-electron chi connectivity index (χ1n) is 5.22. The second-order valence-corrected chi connectivity index (χ2v) is 3.69. The molecule has 90 valence electrons. The van der Waals surface area contributed by atoms with Crippen molar-refractivity contribution in [3.63, 3.8) is 0 Å². The molecule has 0 aliphatic carbocycles. The normalized spacial score (nSPS) is 10.7. The van der Waals surface area contributed by atoms with Crippen molar-refractivity contribution in [1.82, 2.24) is 9.97 Å². The van der Waals surface area contributed by atoms with Crippen LogP contribution in [0.15, 0.2) is 45.9 Å². The first-order chi connectivity index (χ1) is 8.72. The number of H-pyrrole nitrogens is 1. The number of ether oxygens (including phenoxy) is 1. The summed E-state index contributed by atoms with van der Waals surface area (Å²) in [5.41, 5.74) is 7.14. The summed E-state index contributed by atoms with van der Waals surface area (Å²) >= 11 is 0. The number of nitrogens with two attached hydrogens (primary N) is 1. The Labute approximate surface area is 101 Å². The zero-order valence-electron chi connectivity index (χ0n) is 9.21. The number of anilines is 1. The smallest absolute Gasteiger partial charge is 0.417 e. The van der Waals surface area contributed by atoms with Crippen LogP contribution in [0.2, 0.25) is 0 Å². The van der Waals surface area contributed by atoms with Gasteiger partial charge in [-0.05, 0) is 12.1 Å². The van der Waals surface area contributed by atoms with Crippen LogP contribution in [0.4, 0.5) is 5.69 Å². The van der Waals surface area contributed by atoms with Gasteiger partial charge in [-0.3, -0.25) is 9.97 Å². The van der Waals surface area contributed by atoms with Crippen LogP contribution in [0.25, 0.3) is 11.1 Å². The van der Waals surface area contributed by atoms with Gasteiger partial charge in [0.25, 0.3) is 0 Å². The van der Waals surface area contributed by atoms with E-state index in [0.29, 0.717) is 28.3 Å². The highest BCUT2D eigenvalue weighted by Crippen LogP contribution is 2.30. The highest BCUT2D eigenvalue weighted by atomic mass is 16.5. The average molecular weight is 243 g/mol. The zero-order valence-corrected chi connectivity index (χ0v) is 9.21. The van der Waals surface area contributed by atoms with Crippen LogP contribution in [-0.4, -0.2) is 9.97 Å². The van der Waals surface area contributed by atoms with Crippen LogP contribution in [0, 0.1) is 0 Å². The van der Waals surface area contributed by atoms with E-state index in [4.69, 9.17) is 14.9 Å². The summed E-state index contributed by atoms with van der Waals surface area (Å²) in [5, 5.41) is 0. The number of rotatable bonds is 2. The van der Waals surface area contributed by atoms with Gasteiger partial charge in [-0.25, -0.2) is 4.79 Å². The predicted molar refractivity (Wildman–Crippen MR) is 65.6 cm³/mol. The van der Waals surface area contributed by atoms with Crippen LogP contribution >= 0.6 is 0 Å². The molecule has 0 aliphatic rings. The first-order valence-corrected chi connectivity index (χ1v) is 5.22. The maximum atomic E-state index is 11.1. The Kier molecular flexibility index (Phi) is 2.26. The Morgan fingerprint density at radius 1 is 1.39 bits per heavy atom. The molecule has 0 amide bonds. The van der Waals surface area contributed by atoms with E-state index in [1.165, 1.54) is 0 Å². The minimum atomic E-state index is -0.525. The molecule has 2 aromatic heterocycles. The quantitative estimate of drug-likeness (QED) is 0.670. The standard InChI is InChI=1S/C12H9N3O3/c13-8-4-11-9(15-12(16)18-11)5-10(8)17-7-2-1-3-14-6-7/h1-6H,13H2,(H,15,16). The van der Waals surface area contributed by atoms with Gasteiger partial charge in [0, 0.05) is 18.3 Å². The monoisotopic (exact) mass is 243 g/mol. The van der Waals surface area contributed by atoms with Crippen LogP contribution in [0.3, 0.4) is 0 Å². The molecule has 3 aromatic rings. The molecule has 6 heteroatoms. The second-order valence-electron chi connectivity index (χ2n) is 3.69. The van der Waals surface area contributed by atoms with Crippen molar-refractivity contribution in [3.8, 4) is 11.5 Å². The number of hydrogen-bond acceptors (Lipinski definition) is 5. The molecule has 18 heavy (non-hydrogen) atoms. The van der Waals surface area contributed by atoms with Gasteiger partial charge in [-0.2, -0.15) is 0 Å². The minimum absolute atomic E-state index is 0.383. The van der Waals surface area contributed by atoms with E-state index in [9.17, 15) is 4.79 Å². The molecule has 3 N–H and O–H groups in total. The highest BCUT2D eigenvalue weighted by molar-refractivity contribution is 5.80. The Morgan fingerprint density at radius 2 is 2.28 bits per heavy atom. The molecule has 0 unspecified atom stereocenters. The van der Waals surface area contributed by atoms with Crippen LogP contribution in [0.1, 0.15) is 0 Å². The maximum absolute atomic E-state index is 11.1. The van der Waals surface area contributed by atoms with Crippen molar-refractivity contribution < 1.29 is 9.15 Å². The minimum Gasteiger partial charge on any atom is -0.453 e. The van der Waals surface area contributed by atoms with Crippen LogP contribution in [-0.2, 0) is 0 Å². The summed E-state index contributed by atoms with van der Waals surface area (Å²) in [7, 11) is 0. The highest BCUT2D eigenvalue weighted by Gasteiger charge is 2.08. The third-order valence-electron chi connectivity index (χ3n) is 2.41. The predicted octanol–water partition coefficient (Wildman–Crippen LogP) is 1.89. The van der Waals surface area contributed by atoms with Gasteiger partial charge in [0.15, 0.2) is 11.3 Å². The Morgan fingerprint density at radius 3 is 3.06 bits per heavy atom. The number of nitrogen functional groups attached to an aromatic ring is 1. The van der Waals surface area contributed by atoms with E-state index in [-0.39, 0.29) is 0 Å². The number of oxazole rings is 1. The van der Waals surface area contributed by atoms with E-state index in [2.05, 4.69) is 9.97 Å². The van der Waals surface area contributed by atoms with Crippen molar-refractivity contribution in [3.05, 3.63) is 47.2 Å². The van der Waals surface area contributed by atoms with Crippen molar-refractivity contribution >= 4 is 16.8 Å². The van der Waals surface area contributed by atoms with Gasteiger partial charge in [-0.15, -0.1) is 0 Å². The topological polar surface area (TPSA) is 94.1 Å². The Balaban J connectivity index is 2.06. The summed E-state index contributed by atoms with van der Waals surface area (Å²) < 4.78 is 10.5. The Bertz CT molecular complexity index is 746. The molecule has 0 fully saturated rings. The molecule has 0 atom stereocenters. The van der Waals surface area contributed by atoms with Gasteiger partial charge in [0.1, 0.15) is 5.75 Å². The largest absolute Gasteiger partial charge is 0.453 e. The number of nitrogens with one attached hydrogen (secondary N) is 1. The first kappa shape index (κ1) is 10.4. The second kappa shape index (κ2) is 3.92. The van der Waals surface area contributed by atoms with E-state index in [0.717, 1.165) is 0 Å². The summed E-state index contributed by atoms with van der Waals surface area (Å²) in [6, 6.07) is 6.67. The third-order valence-corrected chi connectivity index (χ3v) is 2.41. The number of nitrogens with zero attached hydrogens (tertiary/aromatic N) is 1. The van der Waals surface area contributed by atoms with Crippen molar-refractivity contribution in [2.75, 3.05) is 5.73 Å². The lowest BCUT2D eigenvalue weighted by Crippen LogP contribution is -1.93. The molecule has 0 saturated heterocycles. The van der Waals surface area contributed by atoms with Gasteiger partial charge in [0.05, 0.1) is 17.4 Å². The Hall–Kier alpha value is -2.76. The molecule has 0 radical (unpaired) electrons. The van der Waals surface area contributed by atoms with Gasteiger partial charge in [0.2, 0.25) is 0 Å². The molecule has 3 rings (SSSR count). The zero-order chi connectivity index (χ0) is 12.5. The van der Waals surface area contributed by atoms with Crippen LogP contribution in [0.5, 0.6) is 11.5 Å². The fraction of sp³-hybridized carbons (Fsp3) is 0. The lowest BCUT2D eigenvalue weighted by molar-refractivity contribution is 0.483. The molecule has 0 bridgehead atoms. The van der Waals surface area contributed by atoms with E-state index in [1.807, 2.05) is 0 Å². The van der Waals surface area contributed by atoms with E-state index >= 15 is 0 Å². The molecule has 0 aliphatic heterocycles. The molecule has 1 aromatic carbocycles. The lowest BCUT2D eigenvalue weighted by Gasteiger charge is -2.07. The molecular formula is C12H9N3O3. The lowest BCUT2D eigenvalue weighted by atomic mass is 10.2. The summed E-state index contributed by atoms with van der Waals surface area (Å²) in [6.07, 6.45) is 3.22. The number of aromatic nitrogens is 2. The number of benzene rings is 1. The number of aromatic amines is 1. The third kappa shape index (κ3) is 1.80. The SMILES string of the molecule is Nc1cc2oc(=O)[nH]c2cc1Oc1cccnc1. The number of fused-ring (bicyclic) bond motifs is 1. The summed E-state index contributed by atoms with van der Waals surface area (Å²) in [6.45, 7) is 0.